The maximum atomic E-state index is 12.7. The molecule has 2 fully saturated rings. The first-order valence-corrected chi connectivity index (χ1v) is 7.27. The zero-order valence-electron chi connectivity index (χ0n) is 11.5. The van der Waals surface area contributed by atoms with Crippen molar-refractivity contribution in [1.29, 1.82) is 0 Å². The summed E-state index contributed by atoms with van der Waals surface area (Å²) in [7, 11) is 0. The van der Waals surface area contributed by atoms with Crippen LogP contribution in [0.15, 0.2) is 18.3 Å². The van der Waals surface area contributed by atoms with Crippen LogP contribution in [0.2, 0.25) is 0 Å². The molecule has 114 valence electrons. The van der Waals surface area contributed by atoms with Gasteiger partial charge in [0, 0.05) is 29.8 Å². The average Bonchev–Trinajstić information content (AvgIpc) is 2.45. The number of nitrogens with zero attached hydrogens (tertiary/aromatic N) is 1. The summed E-state index contributed by atoms with van der Waals surface area (Å²) in [5, 5.41) is 3.48. The summed E-state index contributed by atoms with van der Waals surface area (Å²) < 4.78 is 38.0. The lowest BCUT2D eigenvalue weighted by Gasteiger charge is -2.39. The van der Waals surface area contributed by atoms with Gasteiger partial charge in [-0.15, -0.1) is 0 Å². The van der Waals surface area contributed by atoms with Crippen LogP contribution >= 0.6 is 0 Å². The van der Waals surface area contributed by atoms with E-state index in [2.05, 4.69) is 10.3 Å². The monoisotopic (exact) mass is 298 g/mol. The third kappa shape index (κ3) is 3.10. The number of aromatic nitrogens is 1. The van der Waals surface area contributed by atoms with Gasteiger partial charge in [0.2, 0.25) is 0 Å². The summed E-state index contributed by atoms with van der Waals surface area (Å²) in [5.74, 6) is -0.355. The van der Waals surface area contributed by atoms with Crippen LogP contribution in [0.3, 0.4) is 0 Å². The molecule has 0 aliphatic carbocycles. The zero-order chi connectivity index (χ0) is 15.0. The van der Waals surface area contributed by atoms with Crippen molar-refractivity contribution in [3.63, 3.8) is 0 Å². The molecule has 1 aromatic rings. The molecule has 2 atom stereocenters. The summed E-state index contributed by atoms with van der Waals surface area (Å²) in [4.78, 5) is 15.8. The van der Waals surface area contributed by atoms with E-state index in [0.29, 0.717) is 12.1 Å². The second kappa shape index (κ2) is 5.40. The normalized spacial score (nSPS) is 29.2. The number of halogens is 3. The van der Waals surface area contributed by atoms with E-state index >= 15 is 0 Å². The first-order chi connectivity index (χ1) is 9.93. The fraction of sp³-hybridized carbons (Fsp3) is 0.600. The number of Topliss-reactive ketones (excluding diaryl/α,β-unsaturated/α-hetero) is 1. The lowest BCUT2D eigenvalue weighted by molar-refractivity contribution is -0.141. The molecule has 3 nitrogen and oxygen atoms in total. The zero-order valence-corrected chi connectivity index (χ0v) is 11.5. The first kappa shape index (κ1) is 14.5. The smallest absolute Gasteiger partial charge is 0.311 e. The van der Waals surface area contributed by atoms with Crippen LogP contribution in [0.5, 0.6) is 0 Å². The Bertz CT molecular complexity index is 532. The van der Waals surface area contributed by atoms with Gasteiger partial charge in [-0.25, -0.2) is 0 Å². The third-order valence-corrected chi connectivity index (χ3v) is 4.42. The predicted octanol–water partition coefficient (Wildman–Crippen LogP) is 3.20. The lowest BCUT2D eigenvalue weighted by Crippen LogP contribution is -2.50. The van der Waals surface area contributed by atoms with Gasteiger partial charge in [-0.1, -0.05) is 6.42 Å². The Morgan fingerprint density at radius 3 is 2.52 bits per heavy atom. The highest BCUT2D eigenvalue weighted by atomic mass is 19.4. The van der Waals surface area contributed by atoms with Crippen molar-refractivity contribution < 1.29 is 18.0 Å². The van der Waals surface area contributed by atoms with Gasteiger partial charge < -0.3 is 5.32 Å². The molecule has 2 saturated heterocycles. The van der Waals surface area contributed by atoms with Gasteiger partial charge in [0.25, 0.3) is 0 Å². The second-order valence-electron chi connectivity index (χ2n) is 5.95. The first-order valence-electron chi connectivity index (χ1n) is 7.27. The summed E-state index contributed by atoms with van der Waals surface area (Å²) in [6.45, 7) is 0. The van der Waals surface area contributed by atoms with Crippen molar-refractivity contribution in [2.24, 2.45) is 5.92 Å². The maximum Gasteiger partial charge on any atom is 0.433 e. The van der Waals surface area contributed by atoms with Crippen molar-refractivity contribution in [2.45, 2.75) is 50.4 Å². The van der Waals surface area contributed by atoms with Crippen LogP contribution < -0.4 is 5.32 Å². The number of rotatable bonds is 2. The summed E-state index contributed by atoms with van der Waals surface area (Å²) >= 11 is 0. The number of fused-ring (bicyclic) bond motifs is 2. The number of hydrogen-bond acceptors (Lipinski definition) is 3. The largest absolute Gasteiger partial charge is 0.433 e. The fourth-order valence-electron chi connectivity index (χ4n) is 3.45. The van der Waals surface area contributed by atoms with Gasteiger partial charge >= 0.3 is 6.18 Å². The van der Waals surface area contributed by atoms with Gasteiger partial charge in [0.15, 0.2) is 5.78 Å². The Morgan fingerprint density at radius 2 is 1.90 bits per heavy atom. The third-order valence-electron chi connectivity index (χ3n) is 4.42. The molecule has 1 aromatic heterocycles. The number of piperidine rings is 2. The van der Waals surface area contributed by atoms with Crippen molar-refractivity contribution >= 4 is 5.78 Å². The topological polar surface area (TPSA) is 42.0 Å². The van der Waals surface area contributed by atoms with Gasteiger partial charge in [0.05, 0.1) is 0 Å². The summed E-state index contributed by atoms with van der Waals surface area (Å²) in [6, 6.07) is 2.92. The quantitative estimate of drug-likeness (QED) is 0.853. The number of carbonyl (C=O) groups excluding carboxylic acids is 1. The average molecular weight is 298 g/mol. The predicted molar refractivity (Wildman–Crippen MR) is 70.9 cm³/mol. The summed E-state index contributed by atoms with van der Waals surface area (Å²) in [5.41, 5.74) is -0.871. The minimum atomic E-state index is -4.51. The molecule has 0 amide bonds. The molecule has 2 unspecified atom stereocenters. The van der Waals surface area contributed by atoms with E-state index in [0.717, 1.165) is 44.4 Å². The molecule has 3 heterocycles. The fourth-order valence-corrected chi connectivity index (χ4v) is 3.45. The van der Waals surface area contributed by atoms with Crippen molar-refractivity contribution in [2.75, 3.05) is 0 Å². The number of pyridine rings is 1. The van der Waals surface area contributed by atoms with Crippen molar-refractivity contribution in [3.05, 3.63) is 29.6 Å². The molecule has 2 bridgehead atoms. The number of nitrogens with one attached hydrogen (secondary N) is 1. The minimum Gasteiger partial charge on any atom is -0.311 e. The van der Waals surface area contributed by atoms with Crippen LogP contribution in [0.1, 0.15) is 48.2 Å². The molecule has 0 aromatic carbocycles. The molecule has 0 radical (unpaired) electrons. The highest BCUT2D eigenvalue weighted by molar-refractivity contribution is 5.98. The Kier molecular flexibility index (Phi) is 3.73. The SMILES string of the molecule is O=C(c1ccnc(C(F)(F)F)c1)C1CC2CCCC(C1)N2. The molecule has 0 spiro atoms. The van der Waals surface area contributed by atoms with Crippen molar-refractivity contribution in [1.82, 2.24) is 10.3 Å². The Hall–Kier alpha value is -1.43. The number of hydrogen-bond donors (Lipinski definition) is 1. The standard InChI is InChI=1S/C15H17F3N2O/c16-15(17,18)13-8-9(4-5-19-13)14(21)10-6-11-2-1-3-12(7-10)20-11/h4-5,8,10-12,20H,1-3,6-7H2. The Balaban J connectivity index is 1.79. The van der Waals surface area contributed by atoms with Crippen LogP contribution in [-0.4, -0.2) is 22.9 Å². The maximum absolute atomic E-state index is 12.7. The minimum absolute atomic E-state index is 0.127. The molecule has 21 heavy (non-hydrogen) atoms. The number of ketones is 1. The summed E-state index contributed by atoms with van der Waals surface area (Å²) in [6.07, 6.45) is 1.25. The Morgan fingerprint density at radius 1 is 1.24 bits per heavy atom. The molecule has 6 heteroatoms. The highest BCUT2D eigenvalue weighted by Crippen LogP contribution is 2.33. The van der Waals surface area contributed by atoms with Gasteiger partial charge in [0.1, 0.15) is 5.69 Å². The molecule has 2 aliphatic heterocycles. The van der Waals surface area contributed by atoms with Crippen molar-refractivity contribution in [3.8, 4) is 0 Å². The van der Waals surface area contributed by atoms with Crippen LogP contribution in [0.25, 0.3) is 0 Å². The molecule has 0 saturated carbocycles. The van der Waals surface area contributed by atoms with E-state index in [4.69, 9.17) is 0 Å². The second-order valence-corrected chi connectivity index (χ2v) is 5.95. The molecule has 2 aliphatic rings. The van der Waals surface area contributed by atoms with Gasteiger partial charge in [-0.3, -0.25) is 9.78 Å². The lowest BCUT2D eigenvalue weighted by atomic mass is 9.77. The molecular weight excluding hydrogens is 281 g/mol. The van der Waals surface area contributed by atoms with E-state index in [1.54, 1.807) is 0 Å². The van der Waals surface area contributed by atoms with Crippen LogP contribution in [0, 0.1) is 5.92 Å². The van der Waals surface area contributed by atoms with Gasteiger partial charge in [-0.05, 0) is 37.8 Å². The molecule has 1 N–H and O–H groups in total. The number of alkyl halides is 3. The molecule has 3 rings (SSSR count). The van der Waals surface area contributed by atoms with E-state index in [-0.39, 0.29) is 17.3 Å². The van der Waals surface area contributed by atoms with E-state index in [1.807, 2.05) is 0 Å². The van der Waals surface area contributed by atoms with Crippen LogP contribution in [-0.2, 0) is 6.18 Å². The van der Waals surface area contributed by atoms with Gasteiger partial charge in [-0.2, -0.15) is 13.2 Å². The van der Waals surface area contributed by atoms with Crippen LogP contribution in [0.4, 0.5) is 13.2 Å². The number of carbonyl (C=O) groups is 1. The van der Waals surface area contributed by atoms with E-state index in [1.165, 1.54) is 6.07 Å². The highest BCUT2D eigenvalue weighted by Gasteiger charge is 2.36. The van der Waals surface area contributed by atoms with E-state index < -0.39 is 11.9 Å². The van der Waals surface area contributed by atoms with E-state index in [9.17, 15) is 18.0 Å². The molecular formula is C15H17F3N2O. The Labute approximate surface area is 120 Å².